The number of anilines is 1. The summed E-state index contributed by atoms with van der Waals surface area (Å²) in [5.74, 6) is 0.903. The summed E-state index contributed by atoms with van der Waals surface area (Å²) in [5.41, 5.74) is 6.55. The molecule has 0 spiro atoms. The van der Waals surface area contributed by atoms with Crippen LogP contribution in [0.2, 0.25) is 5.02 Å². The lowest BCUT2D eigenvalue weighted by molar-refractivity contribution is 0.193. The second-order valence-corrected chi connectivity index (χ2v) is 4.37. The van der Waals surface area contributed by atoms with Crippen molar-refractivity contribution >= 4 is 17.4 Å². The van der Waals surface area contributed by atoms with Gasteiger partial charge in [0.05, 0.1) is 17.7 Å². The fraction of sp³-hybridized carbons (Fsp3) is 0.545. The zero-order chi connectivity index (χ0) is 11.5. The molecule has 0 radical (unpaired) electrons. The molecule has 2 heterocycles. The first kappa shape index (κ1) is 11.6. The maximum Gasteiger partial charge on any atom is 0.128 e. The van der Waals surface area contributed by atoms with Crippen molar-refractivity contribution in [3.63, 3.8) is 0 Å². The molecule has 1 saturated heterocycles. The Kier molecular flexibility index (Phi) is 3.63. The van der Waals surface area contributed by atoms with Gasteiger partial charge >= 0.3 is 0 Å². The topological polar surface area (TPSA) is 51.4 Å². The Hall–Kier alpha value is -0.840. The van der Waals surface area contributed by atoms with Gasteiger partial charge in [0.2, 0.25) is 0 Å². The van der Waals surface area contributed by atoms with Gasteiger partial charge in [-0.3, -0.25) is 0 Å². The molecule has 0 aromatic carbocycles. The van der Waals surface area contributed by atoms with Crippen molar-refractivity contribution in [3.8, 4) is 0 Å². The average molecular weight is 242 g/mol. The van der Waals surface area contributed by atoms with E-state index < -0.39 is 0 Å². The number of rotatable bonds is 3. The summed E-state index contributed by atoms with van der Waals surface area (Å²) in [6, 6.07) is 2.35. The maximum atomic E-state index is 5.97. The summed E-state index contributed by atoms with van der Waals surface area (Å²) in [6.07, 6.45) is 2.70. The van der Waals surface area contributed by atoms with Crippen molar-refractivity contribution in [3.05, 3.63) is 22.8 Å². The quantitative estimate of drug-likeness (QED) is 0.870. The first-order valence-electron chi connectivity index (χ1n) is 5.37. The van der Waals surface area contributed by atoms with Gasteiger partial charge in [-0.2, -0.15) is 0 Å². The van der Waals surface area contributed by atoms with Crippen molar-refractivity contribution in [2.75, 3.05) is 25.2 Å². The highest BCUT2D eigenvalue weighted by molar-refractivity contribution is 6.31. The van der Waals surface area contributed by atoms with E-state index in [4.69, 9.17) is 22.1 Å². The lowest BCUT2D eigenvalue weighted by Gasteiger charge is -2.24. The Labute approximate surface area is 100 Å². The molecule has 1 fully saturated rings. The Bertz CT molecular complexity index is 366. The van der Waals surface area contributed by atoms with Gasteiger partial charge in [0.15, 0.2) is 0 Å². The van der Waals surface area contributed by atoms with Crippen LogP contribution in [0.1, 0.15) is 12.0 Å². The highest BCUT2D eigenvalue weighted by atomic mass is 35.5. The first-order valence-corrected chi connectivity index (χ1v) is 5.75. The van der Waals surface area contributed by atoms with Gasteiger partial charge in [-0.25, -0.2) is 4.98 Å². The van der Waals surface area contributed by atoms with E-state index in [0.717, 1.165) is 31.0 Å². The Balaban J connectivity index is 2.19. The van der Waals surface area contributed by atoms with Gasteiger partial charge in [-0.05, 0) is 18.1 Å². The van der Waals surface area contributed by atoms with Crippen molar-refractivity contribution in [1.29, 1.82) is 0 Å². The Morgan fingerprint density at radius 3 is 3.12 bits per heavy atom. The average Bonchev–Trinajstić information content (AvgIpc) is 2.82. The number of hydrogen-bond acceptors (Lipinski definition) is 4. The van der Waals surface area contributed by atoms with Gasteiger partial charge in [0.1, 0.15) is 5.82 Å². The molecule has 1 aromatic heterocycles. The molecule has 0 amide bonds. The third kappa shape index (κ3) is 2.29. The van der Waals surface area contributed by atoms with Gasteiger partial charge in [-0.1, -0.05) is 11.6 Å². The highest BCUT2D eigenvalue weighted by Crippen LogP contribution is 2.22. The first-order chi connectivity index (χ1) is 7.72. The molecule has 1 aliphatic rings. The minimum atomic E-state index is 0.402. The van der Waals surface area contributed by atoms with Crippen LogP contribution >= 0.6 is 11.6 Å². The SMILES string of the molecule is CN(c1cc(CN)c(Cl)cn1)C1CCOC1. The molecule has 1 aromatic rings. The van der Waals surface area contributed by atoms with E-state index in [-0.39, 0.29) is 0 Å². The molecule has 2 N–H and O–H groups in total. The normalized spacial score (nSPS) is 20.1. The number of nitrogens with two attached hydrogens (primary N) is 1. The van der Waals surface area contributed by atoms with Crippen molar-refractivity contribution in [2.24, 2.45) is 5.73 Å². The number of likely N-dealkylation sites (N-methyl/N-ethyl adjacent to an activating group) is 1. The van der Waals surface area contributed by atoms with E-state index in [2.05, 4.69) is 9.88 Å². The predicted octanol–water partition coefficient (Wildman–Crippen LogP) is 1.42. The lowest BCUT2D eigenvalue weighted by Crippen LogP contribution is -2.32. The molecule has 5 heteroatoms. The van der Waals surface area contributed by atoms with E-state index in [1.165, 1.54) is 0 Å². The van der Waals surface area contributed by atoms with Gasteiger partial charge in [-0.15, -0.1) is 0 Å². The van der Waals surface area contributed by atoms with Gasteiger partial charge in [0.25, 0.3) is 0 Å². The minimum Gasteiger partial charge on any atom is -0.379 e. The maximum absolute atomic E-state index is 5.97. The van der Waals surface area contributed by atoms with Crippen molar-refractivity contribution < 1.29 is 4.74 Å². The van der Waals surface area contributed by atoms with E-state index in [1.807, 2.05) is 13.1 Å². The predicted molar refractivity (Wildman–Crippen MR) is 64.8 cm³/mol. The van der Waals surface area contributed by atoms with Gasteiger partial charge < -0.3 is 15.4 Å². The van der Waals surface area contributed by atoms with E-state index in [9.17, 15) is 0 Å². The lowest BCUT2D eigenvalue weighted by atomic mass is 10.2. The summed E-state index contributed by atoms with van der Waals surface area (Å²) in [6.45, 7) is 2.02. The number of hydrogen-bond donors (Lipinski definition) is 1. The summed E-state index contributed by atoms with van der Waals surface area (Å²) in [7, 11) is 2.02. The Morgan fingerprint density at radius 1 is 1.69 bits per heavy atom. The smallest absolute Gasteiger partial charge is 0.128 e. The second-order valence-electron chi connectivity index (χ2n) is 3.97. The van der Waals surface area contributed by atoms with E-state index in [1.54, 1.807) is 6.20 Å². The van der Waals surface area contributed by atoms with Crippen LogP contribution < -0.4 is 10.6 Å². The highest BCUT2D eigenvalue weighted by Gasteiger charge is 2.21. The zero-order valence-electron chi connectivity index (χ0n) is 9.32. The van der Waals surface area contributed by atoms with Crippen molar-refractivity contribution in [1.82, 2.24) is 4.98 Å². The number of nitrogens with zero attached hydrogens (tertiary/aromatic N) is 2. The minimum absolute atomic E-state index is 0.402. The number of pyridine rings is 1. The number of halogens is 1. The van der Waals surface area contributed by atoms with Crippen LogP contribution in [0, 0.1) is 0 Å². The molecule has 1 unspecified atom stereocenters. The molecule has 1 aliphatic heterocycles. The van der Waals surface area contributed by atoms with Crippen LogP contribution in [0.3, 0.4) is 0 Å². The summed E-state index contributed by atoms with van der Waals surface area (Å²) >= 11 is 5.97. The van der Waals surface area contributed by atoms with Crippen molar-refractivity contribution in [2.45, 2.75) is 19.0 Å². The molecular formula is C11H16ClN3O. The molecule has 0 saturated carbocycles. The largest absolute Gasteiger partial charge is 0.379 e. The Morgan fingerprint density at radius 2 is 2.50 bits per heavy atom. The molecule has 4 nitrogen and oxygen atoms in total. The van der Waals surface area contributed by atoms with E-state index >= 15 is 0 Å². The van der Waals surface area contributed by atoms with Gasteiger partial charge in [0, 0.05) is 26.4 Å². The molecule has 2 rings (SSSR count). The fourth-order valence-electron chi connectivity index (χ4n) is 1.83. The molecule has 16 heavy (non-hydrogen) atoms. The molecule has 88 valence electrons. The third-order valence-electron chi connectivity index (χ3n) is 2.95. The van der Waals surface area contributed by atoms with E-state index in [0.29, 0.717) is 17.6 Å². The van der Waals surface area contributed by atoms with Crippen LogP contribution in [0.4, 0.5) is 5.82 Å². The van der Waals surface area contributed by atoms with Crippen LogP contribution in [-0.2, 0) is 11.3 Å². The molecular weight excluding hydrogens is 226 g/mol. The molecule has 0 aliphatic carbocycles. The third-order valence-corrected chi connectivity index (χ3v) is 3.30. The second kappa shape index (κ2) is 4.99. The fourth-order valence-corrected chi connectivity index (χ4v) is 2.01. The molecule has 0 bridgehead atoms. The molecule has 1 atom stereocenters. The standard InChI is InChI=1S/C11H16ClN3O/c1-15(9-2-3-16-7-9)11-4-8(5-13)10(12)6-14-11/h4,6,9H,2-3,5,7,13H2,1H3. The zero-order valence-corrected chi connectivity index (χ0v) is 10.1. The summed E-state index contributed by atoms with van der Waals surface area (Å²) in [4.78, 5) is 6.44. The summed E-state index contributed by atoms with van der Waals surface area (Å²) < 4.78 is 5.36. The van der Waals surface area contributed by atoms with Crippen LogP contribution in [0.5, 0.6) is 0 Å². The number of aromatic nitrogens is 1. The van der Waals surface area contributed by atoms with Crippen LogP contribution in [0.15, 0.2) is 12.3 Å². The monoisotopic (exact) mass is 241 g/mol. The summed E-state index contributed by atoms with van der Waals surface area (Å²) in [5, 5.41) is 0.627. The number of ether oxygens (including phenoxy) is 1. The van der Waals surface area contributed by atoms with Crippen LogP contribution in [0.25, 0.3) is 0 Å². The van der Waals surface area contributed by atoms with Crippen LogP contribution in [-0.4, -0.2) is 31.3 Å².